The third kappa shape index (κ3) is 4.82. The second-order valence-corrected chi connectivity index (χ2v) is 13.0. The Hall–Kier alpha value is -6.31. The van der Waals surface area contributed by atoms with Gasteiger partial charge in [0, 0.05) is 47.5 Å². The van der Waals surface area contributed by atoms with Crippen molar-refractivity contribution in [3.8, 4) is 38.8 Å². The van der Waals surface area contributed by atoms with E-state index in [4.69, 9.17) is 4.98 Å². The number of halogens is 1. The van der Waals surface area contributed by atoms with E-state index in [0.717, 1.165) is 61.1 Å². The maximum atomic E-state index is 14.6. The van der Waals surface area contributed by atoms with E-state index in [1.54, 1.807) is 11.3 Å². The number of pyridine rings is 1. The van der Waals surface area contributed by atoms with Gasteiger partial charge in [-0.15, -0.1) is 11.3 Å². The zero-order chi connectivity index (χ0) is 33.5. The average molecular weight is 668 g/mol. The molecule has 5 aromatic heterocycles. The average Bonchev–Trinajstić information content (AvgIpc) is 4.01. The summed E-state index contributed by atoms with van der Waals surface area (Å²) < 4.78 is 21.2. The van der Waals surface area contributed by atoms with Crippen LogP contribution in [0.4, 0.5) is 4.39 Å². The quantitative estimate of drug-likeness (QED) is 0.151. The Labute approximate surface area is 292 Å². The Balaban J connectivity index is 1.48. The third-order valence-corrected chi connectivity index (χ3v) is 10.2. The molecule has 5 nitrogen and oxygen atoms in total. The van der Waals surface area contributed by atoms with E-state index in [1.807, 2.05) is 42.0 Å². The van der Waals surface area contributed by atoms with Crippen molar-refractivity contribution in [2.75, 3.05) is 0 Å². The standard InChI is InChI=1S/C43H30FN5S/c44-36-21-18-31(19-22-36)40-38(47-25-10-11-26-47)30-49(41(40)32-20-23-39-46-28-37(48(39)29-32)42-45-24-27-50-42)43(33-12-4-1-5-13-33,34-14-6-2-7-15-34)35-16-8-3-9-17-35/h1-30H. The molecule has 0 aliphatic carbocycles. The lowest BCUT2D eigenvalue weighted by Gasteiger charge is -2.39. The number of hydrogen-bond acceptors (Lipinski definition) is 3. The van der Waals surface area contributed by atoms with Crippen LogP contribution in [0.3, 0.4) is 0 Å². The number of hydrogen-bond donors (Lipinski definition) is 0. The van der Waals surface area contributed by atoms with Crippen molar-refractivity contribution in [2.24, 2.45) is 0 Å². The van der Waals surface area contributed by atoms with Crippen molar-refractivity contribution in [1.29, 1.82) is 0 Å². The van der Waals surface area contributed by atoms with Gasteiger partial charge in [-0.25, -0.2) is 14.4 Å². The molecule has 0 spiro atoms. The van der Waals surface area contributed by atoms with Crippen LogP contribution in [0.1, 0.15) is 16.7 Å². The molecule has 0 fully saturated rings. The molecule has 4 aromatic carbocycles. The SMILES string of the molecule is Fc1ccc(-c2c(-n3cccc3)cn(C(c3ccccc3)(c3ccccc3)c3ccccc3)c2-c2ccc3ncc(-c4nccs4)n3c2)cc1. The van der Waals surface area contributed by atoms with Gasteiger partial charge in [0.15, 0.2) is 0 Å². The summed E-state index contributed by atoms with van der Waals surface area (Å²) in [4.78, 5) is 9.35. The zero-order valence-corrected chi connectivity index (χ0v) is 27.7. The van der Waals surface area contributed by atoms with Crippen molar-refractivity contribution in [3.63, 3.8) is 0 Å². The first-order valence-electron chi connectivity index (χ1n) is 16.4. The summed E-state index contributed by atoms with van der Waals surface area (Å²) in [6, 6.07) is 47.1. The van der Waals surface area contributed by atoms with E-state index in [2.05, 4.69) is 146 Å². The lowest BCUT2D eigenvalue weighted by molar-refractivity contribution is 0.522. The van der Waals surface area contributed by atoms with Crippen LogP contribution in [0, 0.1) is 5.82 Å². The second-order valence-electron chi connectivity index (χ2n) is 12.1. The van der Waals surface area contributed by atoms with Crippen LogP contribution in [0.5, 0.6) is 0 Å². The monoisotopic (exact) mass is 667 g/mol. The minimum absolute atomic E-state index is 0.280. The van der Waals surface area contributed by atoms with Crippen LogP contribution >= 0.6 is 11.3 Å². The highest BCUT2D eigenvalue weighted by Gasteiger charge is 2.41. The molecule has 0 amide bonds. The summed E-state index contributed by atoms with van der Waals surface area (Å²) in [6.07, 6.45) is 12.2. The van der Waals surface area contributed by atoms with Gasteiger partial charge in [0.25, 0.3) is 0 Å². The van der Waals surface area contributed by atoms with Gasteiger partial charge >= 0.3 is 0 Å². The predicted octanol–water partition coefficient (Wildman–Crippen LogP) is 10.4. The molecule has 0 saturated heterocycles. The molecule has 240 valence electrons. The van der Waals surface area contributed by atoms with Gasteiger partial charge in [-0.05, 0) is 58.7 Å². The molecule has 0 radical (unpaired) electrons. The first kappa shape index (κ1) is 29.8. The van der Waals surface area contributed by atoms with Crippen LogP contribution in [-0.4, -0.2) is 23.5 Å². The highest BCUT2D eigenvalue weighted by Crippen LogP contribution is 2.49. The molecule has 5 heterocycles. The predicted molar refractivity (Wildman–Crippen MR) is 199 cm³/mol. The van der Waals surface area contributed by atoms with Gasteiger partial charge in [0.1, 0.15) is 27.7 Å². The van der Waals surface area contributed by atoms with Gasteiger partial charge < -0.3 is 9.13 Å². The lowest BCUT2D eigenvalue weighted by Crippen LogP contribution is -2.37. The fourth-order valence-electron chi connectivity index (χ4n) is 7.22. The molecule has 0 saturated carbocycles. The summed E-state index contributed by atoms with van der Waals surface area (Å²) in [5.74, 6) is -0.280. The molecular weight excluding hydrogens is 638 g/mol. The Morgan fingerprint density at radius 2 is 1.20 bits per heavy atom. The summed E-state index contributed by atoms with van der Waals surface area (Å²) in [5.41, 5.74) is 9.02. The summed E-state index contributed by atoms with van der Waals surface area (Å²) in [5, 5.41) is 2.87. The fourth-order valence-corrected chi connectivity index (χ4v) is 7.86. The second kappa shape index (κ2) is 12.3. The molecule has 7 heteroatoms. The molecule has 50 heavy (non-hydrogen) atoms. The van der Waals surface area contributed by atoms with Crippen molar-refractivity contribution >= 4 is 17.0 Å². The van der Waals surface area contributed by atoms with E-state index >= 15 is 0 Å². The third-order valence-electron chi connectivity index (χ3n) is 9.37. The van der Waals surface area contributed by atoms with Gasteiger partial charge in [0.05, 0.1) is 17.6 Å². The Morgan fingerprint density at radius 1 is 0.600 bits per heavy atom. The first-order valence-corrected chi connectivity index (χ1v) is 17.3. The van der Waals surface area contributed by atoms with Crippen LogP contribution in [-0.2, 0) is 5.54 Å². The van der Waals surface area contributed by atoms with Gasteiger partial charge in [-0.1, -0.05) is 103 Å². The van der Waals surface area contributed by atoms with Crippen molar-refractivity contribution in [1.82, 2.24) is 23.5 Å². The minimum atomic E-state index is -0.818. The van der Waals surface area contributed by atoms with E-state index in [-0.39, 0.29) is 5.82 Å². The number of imidazole rings is 1. The number of thiazole rings is 1. The van der Waals surface area contributed by atoms with Crippen LogP contribution in [0.25, 0.3) is 44.4 Å². The van der Waals surface area contributed by atoms with Crippen LogP contribution in [0.2, 0.25) is 0 Å². The first-order chi connectivity index (χ1) is 24.7. The van der Waals surface area contributed by atoms with Crippen molar-refractivity contribution < 1.29 is 4.39 Å². The minimum Gasteiger partial charge on any atom is -0.326 e. The smallest absolute Gasteiger partial charge is 0.141 e. The van der Waals surface area contributed by atoms with Crippen LogP contribution in [0.15, 0.2) is 182 Å². The highest BCUT2D eigenvalue weighted by atomic mass is 32.1. The number of benzene rings is 4. The maximum Gasteiger partial charge on any atom is 0.141 e. The Morgan fingerprint density at radius 3 is 1.78 bits per heavy atom. The van der Waals surface area contributed by atoms with E-state index < -0.39 is 5.54 Å². The van der Waals surface area contributed by atoms with Gasteiger partial charge in [0.2, 0.25) is 0 Å². The van der Waals surface area contributed by atoms with E-state index in [1.165, 1.54) is 12.1 Å². The molecule has 0 unspecified atom stereocenters. The summed E-state index contributed by atoms with van der Waals surface area (Å²) in [7, 11) is 0. The van der Waals surface area contributed by atoms with E-state index in [9.17, 15) is 4.39 Å². The molecule has 0 aliphatic heterocycles. The van der Waals surface area contributed by atoms with E-state index in [0.29, 0.717) is 0 Å². The molecule has 0 bridgehead atoms. The Bertz CT molecular complexity index is 2420. The normalized spacial score (nSPS) is 11.7. The maximum absolute atomic E-state index is 14.6. The Kier molecular flexibility index (Phi) is 7.33. The number of nitrogens with zero attached hydrogens (tertiary/aromatic N) is 5. The highest BCUT2D eigenvalue weighted by molar-refractivity contribution is 7.13. The number of rotatable bonds is 8. The molecule has 9 rings (SSSR count). The molecule has 9 aromatic rings. The molecule has 0 N–H and O–H groups in total. The number of aromatic nitrogens is 5. The summed E-state index contributed by atoms with van der Waals surface area (Å²) >= 11 is 1.58. The number of fused-ring (bicyclic) bond motifs is 1. The van der Waals surface area contributed by atoms with Crippen molar-refractivity contribution in [2.45, 2.75) is 5.54 Å². The molecular formula is C43H30FN5S. The molecule has 0 aliphatic rings. The lowest BCUT2D eigenvalue weighted by atomic mass is 9.76. The molecule has 0 atom stereocenters. The van der Waals surface area contributed by atoms with Crippen LogP contribution < -0.4 is 0 Å². The zero-order valence-electron chi connectivity index (χ0n) is 26.8. The topological polar surface area (TPSA) is 40.0 Å². The summed E-state index contributed by atoms with van der Waals surface area (Å²) in [6.45, 7) is 0. The van der Waals surface area contributed by atoms with Gasteiger partial charge in [-0.3, -0.25) is 4.40 Å². The largest absolute Gasteiger partial charge is 0.326 e. The van der Waals surface area contributed by atoms with Crippen molar-refractivity contribution in [3.05, 3.63) is 205 Å². The fraction of sp³-hybridized carbons (Fsp3) is 0.0233. The van der Waals surface area contributed by atoms with Gasteiger partial charge in [-0.2, -0.15) is 0 Å².